The van der Waals surface area contributed by atoms with Gasteiger partial charge in [0.15, 0.2) is 5.96 Å². The first-order chi connectivity index (χ1) is 15.1. The van der Waals surface area contributed by atoms with Crippen LogP contribution in [-0.4, -0.2) is 87.7 Å². The summed E-state index contributed by atoms with van der Waals surface area (Å²) in [6.07, 6.45) is 3.60. The molecule has 0 radical (unpaired) electrons. The molecule has 0 saturated carbocycles. The van der Waals surface area contributed by atoms with Crippen LogP contribution in [0.4, 0.5) is 0 Å². The number of carbonyl (C=O) groups is 4. The van der Waals surface area contributed by atoms with Crippen molar-refractivity contribution < 1.29 is 29.4 Å². The van der Waals surface area contributed by atoms with Crippen molar-refractivity contribution in [1.82, 2.24) is 25.9 Å². The highest BCUT2D eigenvalue weighted by atomic mass is 16.4. The number of amides is 3. The Morgan fingerprint density at radius 1 is 1.16 bits per heavy atom. The molecule has 15 heteroatoms. The fourth-order valence-electron chi connectivity index (χ4n) is 2.50. The minimum absolute atomic E-state index is 0.120. The van der Waals surface area contributed by atoms with Gasteiger partial charge in [-0.3, -0.25) is 19.4 Å². The summed E-state index contributed by atoms with van der Waals surface area (Å²) in [4.78, 5) is 58.1. The van der Waals surface area contributed by atoms with Crippen molar-refractivity contribution in [3.8, 4) is 0 Å². The molecule has 1 aromatic heterocycles. The number of nitrogens with one attached hydrogen (secondary N) is 4. The number of guanidine groups is 1. The van der Waals surface area contributed by atoms with Crippen molar-refractivity contribution in [2.75, 3.05) is 19.7 Å². The Kier molecular flexibility index (Phi) is 11.1. The number of aromatic amines is 1. The second-order valence-corrected chi connectivity index (χ2v) is 6.76. The van der Waals surface area contributed by atoms with Gasteiger partial charge < -0.3 is 48.3 Å². The first kappa shape index (κ1) is 26.3. The lowest BCUT2D eigenvalue weighted by Crippen LogP contribution is -2.54. The van der Waals surface area contributed by atoms with E-state index in [9.17, 15) is 19.2 Å². The SMILES string of the molecule is NC(N)=NCCCC(NC(=O)C(N)Cc1cnc[nH]1)C(=O)NCC(=O)NC(CO)C(=O)O. The third-order valence-electron chi connectivity index (χ3n) is 4.15. The number of aliphatic imine (C=N–C) groups is 1. The van der Waals surface area contributed by atoms with Crippen LogP contribution in [0.5, 0.6) is 0 Å². The number of nitrogens with two attached hydrogens (primary N) is 3. The lowest BCUT2D eigenvalue weighted by Gasteiger charge is -2.20. The zero-order chi connectivity index (χ0) is 24.1. The number of aliphatic hydroxyl groups is 1. The molecule has 0 fully saturated rings. The van der Waals surface area contributed by atoms with Crippen molar-refractivity contribution in [1.29, 1.82) is 0 Å². The monoisotopic (exact) mass is 455 g/mol. The number of carboxylic acids is 1. The topological polar surface area (TPSA) is 264 Å². The third-order valence-corrected chi connectivity index (χ3v) is 4.15. The number of H-pyrrole nitrogens is 1. The Bertz CT molecular complexity index is 794. The molecule has 0 saturated heterocycles. The lowest BCUT2D eigenvalue weighted by atomic mass is 10.1. The molecule has 1 aromatic rings. The molecule has 32 heavy (non-hydrogen) atoms. The second-order valence-electron chi connectivity index (χ2n) is 6.76. The van der Waals surface area contributed by atoms with Gasteiger partial charge in [-0.05, 0) is 12.8 Å². The normalized spacial score (nSPS) is 13.3. The standard InChI is InChI=1S/C17H29N9O6/c18-10(4-9-5-21-8-24-9)14(29)26-11(2-1-3-22-17(19)20)15(30)23-6-13(28)25-12(7-27)16(31)32/h5,8,10-12,27H,1-4,6-7,18H2,(H,21,24)(H,23,30)(H,25,28)(H,26,29)(H,31,32)(H4,19,20,22). The Labute approximate surface area is 183 Å². The van der Waals surface area contributed by atoms with Gasteiger partial charge in [-0.25, -0.2) is 9.78 Å². The number of aliphatic hydroxyl groups excluding tert-OH is 1. The van der Waals surface area contributed by atoms with Crippen molar-refractivity contribution in [3.63, 3.8) is 0 Å². The molecular formula is C17H29N9O6. The maximum atomic E-state index is 12.5. The number of aromatic nitrogens is 2. The summed E-state index contributed by atoms with van der Waals surface area (Å²) in [6.45, 7) is -1.17. The van der Waals surface area contributed by atoms with E-state index >= 15 is 0 Å². The smallest absolute Gasteiger partial charge is 0.328 e. The van der Waals surface area contributed by atoms with Gasteiger partial charge in [0.05, 0.1) is 25.5 Å². The molecule has 3 amide bonds. The van der Waals surface area contributed by atoms with E-state index in [1.807, 2.05) is 5.32 Å². The molecule has 0 aliphatic heterocycles. The molecule has 15 nitrogen and oxygen atoms in total. The maximum Gasteiger partial charge on any atom is 0.328 e. The maximum absolute atomic E-state index is 12.5. The summed E-state index contributed by atoms with van der Waals surface area (Å²) in [6, 6.07) is -3.52. The number of nitrogens with zero attached hydrogens (tertiary/aromatic N) is 2. The molecule has 3 atom stereocenters. The fourth-order valence-corrected chi connectivity index (χ4v) is 2.50. The van der Waals surface area contributed by atoms with Crippen LogP contribution >= 0.6 is 0 Å². The third kappa shape index (κ3) is 9.86. The first-order valence-electron chi connectivity index (χ1n) is 9.63. The highest BCUT2D eigenvalue weighted by Gasteiger charge is 2.25. The molecule has 0 bridgehead atoms. The molecule has 3 unspecified atom stereocenters. The number of hydrogen-bond donors (Lipinski definition) is 9. The van der Waals surface area contributed by atoms with Crippen LogP contribution in [-0.2, 0) is 25.6 Å². The highest BCUT2D eigenvalue weighted by Crippen LogP contribution is 2.02. The average Bonchev–Trinajstić information content (AvgIpc) is 3.24. The zero-order valence-corrected chi connectivity index (χ0v) is 17.3. The molecule has 0 aliphatic carbocycles. The van der Waals surface area contributed by atoms with E-state index in [1.165, 1.54) is 12.5 Å². The van der Waals surface area contributed by atoms with Gasteiger partial charge in [0.1, 0.15) is 12.1 Å². The van der Waals surface area contributed by atoms with E-state index in [1.54, 1.807) is 0 Å². The van der Waals surface area contributed by atoms with Gasteiger partial charge in [-0.1, -0.05) is 0 Å². The van der Waals surface area contributed by atoms with Crippen molar-refractivity contribution >= 4 is 29.7 Å². The van der Waals surface area contributed by atoms with Crippen molar-refractivity contribution in [3.05, 3.63) is 18.2 Å². The van der Waals surface area contributed by atoms with E-state index < -0.39 is 55.0 Å². The molecule has 0 spiro atoms. The zero-order valence-electron chi connectivity index (χ0n) is 17.3. The number of rotatable bonds is 14. The highest BCUT2D eigenvalue weighted by molar-refractivity contribution is 5.92. The number of hydrogen-bond acceptors (Lipinski definition) is 8. The molecule has 178 valence electrons. The summed E-state index contributed by atoms with van der Waals surface area (Å²) in [5, 5.41) is 24.6. The Morgan fingerprint density at radius 3 is 2.44 bits per heavy atom. The van der Waals surface area contributed by atoms with Crippen LogP contribution in [0.3, 0.4) is 0 Å². The summed E-state index contributed by atoms with van der Waals surface area (Å²) in [5.41, 5.74) is 17.0. The summed E-state index contributed by atoms with van der Waals surface area (Å²) >= 11 is 0. The van der Waals surface area contributed by atoms with Gasteiger partial charge >= 0.3 is 5.97 Å². The van der Waals surface area contributed by atoms with Gasteiger partial charge in [-0.2, -0.15) is 0 Å². The van der Waals surface area contributed by atoms with Gasteiger partial charge in [0, 0.05) is 24.9 Å². The van der Waals surface area contributed by atoms with Gasteiger partial charge in [0.2, 0.25) is 17.7 Å². The predicted octanol–water partition coefficient (Wildman–Crippen LogP) is -4.50. The number of carbonyl (C=O) groups excluding carboxylic acids is 3. The molecule has 12 N–H and O–H groups in total. The van der Waals surface area contributed by atoms with Crippen LogP contribution < -0.4 is 33.2 Å². The first-order valence-corrected chi connectivity index (χ1v) is 9.63. The van der Waals surface area contributed by atoms with Crippen LogP contribution in [0.2, 0.25) is 0 Å². The number of carboxylic acid groups (broad SMARTS) is 1. The number of imidazole rings is 1. The molecule has 1 heterocycles. The summed E-state index contributed by atoms with van der Waals surface area (Å²) < 4.78 is 0. The number of aliphatic carboxylic acids is 1. The Balaban J connectivity index is 2.68. The van der Waals surface area contributed by atoms with Crippen molar-refractivity contribution in [2.24, 2.45) is 22.2 Å². The largest absolute Gasteiger partial charge is 0.480 e. The van der Waals surface area contributed by atoms with Crippen molar-refractivity contribution in [2.45, 2.75) is 37.4 Å². The Hall–Kier alpha value is -3.72. The van der Waals surface area contributed by atoms with E-state index in [0.717, 1.165) is 0 Å². The average molecular weight is 455 g/mol. The molecular weight excluding hydrogens is 426 g/mol. The lowest BCUT2D eigenvalue weighted by molar-refractivity contribution is -0.142. The van der Waals surface area contributed by atoms with Gasteiger partial charge in [0.25, 0.3) is 0 Å². The quantitative estimate of drug-likeness (QED) is 0.0736. The second kappa shape index (κ2) is 13.6. The minimum Gasteiger partial charge on any atom is -0.480 e. The predicted molar refractivity (Wildman–Crippen MR) is 112 cm³/mol. The van der Waals surface area contributed by atoms with Gasteiger partial charge in [-0.15, -0.1) is 0 Å². The minimum atomic E-state index is -1.50. The summed E-state index contributed by atoms with van der Waals surface area (Å²) in [5.74, 6) is -3.67. The van der Waals surface area contributed by atoms with Crippen LogP contribution in [0.1, 0.15) is 18.5 Å². The summed E-state index contributed by atoms with van der Waals surface area (Å²) in [7, 11) is 0. The molecule has 1 rings (SSSR count). The Morgan fingerprint density at radius 2 is 1.88 bits per heavy atom. The fraction of sp³-hybridized carbons (Fsp3) is 0.529. The van der Waals surface area contributed by atoms with Crippen LogP contribution in [0.15, 0.2) is 17.5 Å². The van der Waals surface area contributed by atoms with E-state index in [4.69, 9.17) is 27.4 Å². The van der Waals surface area contributed by atoms with E-state index in [-0.39, 0.29) is 25.3 Å². The molecule has 0 aliphatic rings. The van der Waals surface area contributed by atoms with Crippen LogP contribution in [0, 0.1) is 0 Å². The molecule has 0 aromatic carbocycles. The van der Waals surface area contributed by atoms with E-state index in [2.05, 4.69) is 25.6 Å². The van der Waals surface area contributed by atoms with E-state index in [0.29, 0.717) is 12.1 Å². The van der Waals surface area contributed by atoms with Crippen LogP contribution in [0.25, 0.3) is 0 Å².